The van der Waals surface area contributed by atoms with Crippen LogP contribution in [0, 0.1) is 0 Å². The normalized spacial score (nSPS) is 12.2. The quantitative estimate of drug-likeness (QED) is 0.683. The molecule has 0 aromatic heterocycles. The molecule has 5 nitrogen and oxygen atoms in total. The summed E-state index contributed by atoms with van der Waals surface area (Å²) in [5, 5.41) is 5.99. The Hall–Kier alpha value is -1.59. The van der Waals surface area contributed by atoms with Gasteiger partial charge < -0.3 is 20.1 Å². The Kier molecular flexibility index (Phi) is 7.79. The lowest BCUT2D eigenvalue weighted by Crippen LogP contribution is -2.36. The van der Waals surface area contributed by atoms with E-state index in [9.17, 15) is 4.79 Å². The zero-order valence-electron chi connectivity index (χ0n) is 13.3. The second-order valence-electron chi connectivity index (χ2n) is 5.16. The van der Waals surface area contributed by atoms with Crippen molar-refractivity contribution in [1.29, 1.82) is 0 Å². The van der Waals surface area contributed by atoms with Gasteiger partial charge in [-0.3, -0.25) is 4.79 Å². The lowest BCUT2D eigenvalue weighted by molar-refractivity contribution is -0.120. The summed E-state index contributed by atoms with van der Waals surface area (Å²) < 4.78 is 10.7. The molecule has 1 aromatic rings. The van der Waals surface area contributed by atoms with Crippen LogP contribution in [0.3, 0.4) is 0 Å². The van der Waals surface area contributed by atoms with Crippen molar-refractivity contribution in [3.05, 3.63) is 29.8 Å². The monoisotopic (exact) mass is 294 g/mol. The number of carbonyl (C=O) groups is 1. The van der Waals surface area contributed by atoms with E-state index in [0.29, 0.717) is 13.2 Å². The van der Waals surface area contributed by atoms with Gasteiger partial charge in [0.2, 0.25) is 5.91 Å². The van der Waals surface area contributed by atoms with Crippen LogP contribution in [-0.2, 0) is 9.53 Å². The van der Waals surface area contributed by atoms with Crippen molar-refractivity contribution >= 4 is 5.91 Å². The maximum atomic E-state index is 11.9. The van der Waals surface area contributed by atoms with Gasteiger partial charge in [-0.25, -0.2) is 0 Å². The molecule has 1 rings (SSSR count). The molecule has 0 radical (unpaired) electrons. The topological polar surface area (TPSA) is 59.6 Å². The highest BCUT2D eigenvalue weighted by Gasteiger charge is 2.14. The Labute approximate surface area is 127 Å². The molecule has 0 aliphatic carbocycles. The van der Waals surface area contributed by atoms with Crippen molar-refractivity contribution < 1.29 is 14.3 Å². The third-order valence-corrected chi connectivity index (χ3v) is 2.89. The van der Waals surface area contributed by atoms with Gasteiger partial charge in [0.15, 0.2) is 0 Å². The Morgan fingerprint density at radius 3 is 2.62 bits per heavy atom. The molecule has 1 amide bonds. The lowest BCUT2D eigenvalue weighted by atomic mass is 10.1. The maximum absolute atomic E-state index is 11.9. The van der Waals surface area contributed by atoms with E-state index >= 15 is 0 Å². The van der Waals surface area contributed by atoms with Crippen LogP contribution in [0.5, 0.6) is 5.75 Å². The number of nitrogens with one attached hydrogen (secondary N) is 2. The van der Waals surface area contributed by atoms with E-state index in [1.54, 1.807) is 7.11 Å². The van der Waals surface area contributed by atoms with Crippen LogP contribution >= 0.6 is 0 Å². The molecule has 0 saturated heterocycles. The van der Waals surface area contributed by atoms with E-state index in [-0.39, 0.29) is 24.6 Å². The minimum absolute atomic E-state index is 0.0436. The zero-order chi connectivity index (χ0) is 15.7. The van der Waals surface area contributed by atoms with Crippen LogP contribution in [0.4, 0.5) is 0 Å². The van der Waals surface area contributed by atoms with E-state index in [0.717, 1.165) is 11.3 Å². The molecule has 0 fully saturated rings. The maximum Gasteiger partial charge on any atom is 0.234 e. The van der Waals surface area contributed by atoms with Gasteiger partial charge in [0.1, 0.15) is 5.75 Å². The molecular formula is C16H26N2O3. The molecule has 2 N–H and O–H groups in total. The first-order valence-electron chi connectivity index (χ1n) is 7.29. The highest BCUT2D eigenvalue weighted by Crippen LogP contribution is 2.25. The van der Waals surface area contributed by atoms with Crippen molar-refractivity contribution in [2.45, 2.75) is 32.9 Å². The fraction of sp³-hybridized carbons (Fsp3) is 0.562. The van der Waals surface area contributed by atoms with E-state index in [2.05, 4.69) is 10.6 Å². The molecule has 1 unspecified atom stereocenters. The standard InChI is InChI=1S/C16H26N2O3/c1-12(2)21-15-8-6-5-7-14(15)13(3)18-16(19)11-17-9-10-20-4/h5-8,12-13,17H,9-11H2,1-4H3,(H,18,19). The summed E-state index contributed by atoms with van der Waals surface area (Å²) in [5.74, 6) is 0.769. The van der Waals surface area contributed by atoms with Gasteiger partial charge in [-0.1, -0.05) is 18.2 Å². The van der Waals surface area contributed by atoms with Crippen molar-refractivity contribution in [3.63, 3.8) is 0 Å². The third-order valence-electron chi connectivity index (χ3n) is 2.89. The summed E-state index contributed by atoms with van der Waals surface area (Å²) in [6.07, 6.45) is 0.102. The van der Waals surface area contributed by atoms with Crippen LogP contribution < -0.4 is 15.4 Å². The van der Waals surface area contributed by atoms with Crippen molar-refractivity contribution in [1.82, 2.24) is 10.6 Å². The minimum atomic E-state index is -0.100. The molecule has 1 aromatic carbocycles. The SMILES string of the molecule is COCCNCC(=O)NC(C)c1ccccc1OC(C)C. The summed E-state index contributed by atoms with van der Waals surface area (Å²) in [7, 11) is 1.63. The number of hydrogen-bond acceptors (Lipinski definition) is 4. The van der Waals surface area contributed by atoms with Crippen LogP contribution in [0.15, 0.2) is 24.3 Å². The Balaban J connectivity index is 2.54. The molecule has 118 valence electrons. The highest BCUT2D eigenvalue weighted by atomic mass is 16.5. The molecule has 0 heterocycles. The van der Waals surface area contributed by atoms with E-state index in [1.165, 1.54) is 0 Å². The van der Waals surface area contributed by atoms with Gasteiger partial charge in [0, 0.05) is 19.2 Å². The molecule has 0 bridgehead atoms. The summed E-state index contributed by atoms with van der Waals surface area (Å²) in [5.41, 5.74) is 0.983. The largest absolute Gasteiger partial charge is 0.491 e. The fourth-order valence-corrected chi connectivity index (χ4v) is 1.95. The van der Waals surface area contributed by atoms with Gasteiger partial charge in [0.05, 0.1) is 25.3 Å². The molecular weight excluding hydrogens is 268 g/mol. The smallest absolute Gasteiger partial charge is 0.234 e. The minimum Gasteiger partial charge on any atom is -0.491 e. The van der Waals surface area contributed by atoms with E-state index < -0.39 is 0 Å². The lowest BCUT2D eigenvalue weighted by Gasteiger charge is -2.20. The van der Waals surface area contributed by atoms with Gasteiger partial charge in [-0.15, -0.1) is 0 Å². The number of methoxy groups -OCH3 is 1. The van der Waals surface area contributed by atoms with Crippen LogP contribution in [0.1, 0.15) is 32.4 Å². The first kappa shape index (κ1) is 17.5. The second kappa shape index (κ2) is 9.37. The van der Waals surface area contributed by atoms with E-state index in [1.807, 2.05) is 45.0 Å². The van der Waals surface area contributed by atoms with Crippen LogP contribution in [0.25, 0.3) is 0 Å². The number of benzene rings is 1. The number of ether oxygens (including phenoxy) is 2. The first-order valence-corrected chi connectivity index (χ1v) is 7.29. The Bertz CT molecular complexity index is 435. The summed E-state index contributed by atoms with van der Waals surface area (Å²) in [6, 6.07) is 7.68. The molecule has 0 saturated carbocycles. The summed E-state index contributed by atoms with van der Waals surface area (Å²) in [6.45, 7) is 7.45. The Morgan fingerprint density at radius 1 is 1.24 bits per heavy atom. The number of carbonyl (C=O) groups excluding carboxylic acids is 1. The second-order valence-corrected chi connectivity index (χ2v) is 5.16. The molecule has 0 aliphatic rings. The third kappa shape index (κ3) is 6.60. The van der Waals surface area contributed by atoms with Crippen LogP contribution in [0.2, 0.25) is 0 Å². The first-order chi connectivity index (χ1) is 10.0. The Morgan fingerprint density at radius 2 is 1.95 bits per heavy atom. The van der Waals surface area contributed by atoms with Crippen molar-refractivity contribution in [3.8, 4) is 5.75 Å². The number of amides is 1. The van der Waals surface area contributed by atoms with Gasteiger partial charge in [0.25, 0.3) is 0 Å². The number of para-hydroxylation sites is 1. The number of rotatable bonds is 9. The molecule has 0 aliphatic heterocycles. The van der Waals surface area contributed by atoms with Crippen LogP contribution in [-0.4, -0.2) is 38.8 Å². The van der Waals surface area contributed by atoms with E-state index in [4.69, 9.17) is 9.47 Å². The van der Waals surface area contributed by atoms with Crippen molar-refractivity contribution in [2.75, 3.05) is 26.8 Å². The summed E-state index contributed by atoms with van der Waals surface area (Å²) in [4.78, 5) is 11.9. The summed E-state index contributed by atoms with van der Waals surface area (Å²) >= 11 is 0. The van der Waals surface area contributed by atoms with Gasteiger partial charge >= 0.3 is 0 Å². The predicted molar refractivity (Wildman–Crippen MR) is 83.5 cm³/mol. The van der Waals surface area contributed by atoms with Gasteiger partial charge in [-0.2, -0.15) is 0 Å². The molecule has 5 heteroatoms. The van der Waals surface area contributed by atoms with Crippen molar-refractivity contribution in [2.24, 2.45) is 0 Å². The molecule has 0 spiro atoms. The highest BCUT2D eigenvalue weighted by molar-refractivity contribution is 5.78. The number of hydrogen-bond donors (Lipinski definition) is 2. The zero-order valence-corrected chi connectivity index (χ0v) is 13.3. The molecule has 21 heavy (non-hydrogen) atoms. The predicted octanol–water partition coefficient (Wildman–Crippen LogP) is 1.89. The molecule has 1 atom stereocenters. The van der Waals surface area contributed by atoms with Gasteiger partial charge in [-0.05, 0) is 26.8 Å². The average molecular weight is 294 g/mol. The average Bonchev–Trinajstić information content (AvgIpc) is 2.43. The fourth-order valence-electron chi connectivity index (χ4n) is 1.95.